The van der Waals surface area contributed by atoms with E-state index in [1.54, 1.807) is 0 Å². The summed E-state index contributed by atoms with van der Waals surface area (Å²) in [7, 11) is 0. The number of hydrogen-bond acceptors (Lipinski definition) is 5. The molecular formula is C21H24N4O2S. The second-order valence-corrected chi connectivity index (χ2v) is 8.35. The molecule has 0 spiro atoms. The molecule has 28 heavy (non-hydrogen) atoms. The van der Waals surface area contributed by atoms with Crippen LogP contribution in [0.25, 0.3) is 10.2 Å². The first-order valence-electron chi connectivity index (χ1n) is 9.60. The van der Waals surface area contributed by atoms with Crippen LogP contribution in [0, 0.1) is 13.8 Å². The first-order chi connectivity index (χ1) is 13.5. The lowest BCUT2D eigenvalue weighted by atomic mass is 10.0. The fourth-order valence-corrected chi connectivity index (χ4v) is 4.93. The van der Waals surface area contributed by atoms with Gasteiger partial charge >= 0.3 is 0 Å². The first-order valence-corrected chi connectivity index (χ1v) is 10.4. The average molecular weight is 397 g/mol. The van der Waals surface area contributed by atoms with Crippen LogP contribution in [0.2, 0.25) is 0 Å². The summed E-state index contributed by atoms with van der Waals surface area (Å²) in [4.78, 5) is 35.3. The summed E-state index contributed by atoms with van der Waals surface area (Å²) in [5, 5.41) is 3.61. The molecule has 0 aliphatic carbocycles. The fraction of sp³-hybridized carbons (Fsp3) is 0.381. The number of fused-ring (bicyclic) bond motifs is 1. The highest BCUT2D eigenvalue weighted by Crippen LogP contribution is 2.28. The topological polar surface area (TPSA) is 78.1 Å². The van der Waals surface area contributed by atoms with Gasteiger partial charge in [0.15, 0.2) is 0 Å². The van der Waals surface area contributed by atoms with Gasteiger partial charge in [0, 0.05) is 6.54 Å². The van der Waals surface area contributed by atoms with E-state index in [1.807, 2.05) is 6.92 Å². The molecule has 2 N–H and O–H groups in total. The fourth-order valence-electron chi connectivity index (χ4n) is 3.86. The Morgan fingerprint density at radius 2 is 1.96 bits per heavy atom. The number of carbonyl (C=O) groups excluding carboxylic acids is 1. The zero-order valence-corrected chi connectivity index (χ0v) is 16.9. The molecular weight excluding hydrogens is 372 g/mol. The van der Waals surface area contributed by atoms with Gasteiger partial charge in [-0.3, -0.25) is 14.5 Å². The van der Waals surface area contributed by atoms with Crippen LogP contribution in [-0.2, 0) is 0 Å². The van der Waals surface area contributed by atoms with Crippen LogP contribution < -0.4 is 10.9 Å². The Hall–Kier alpha value is -2.51. The molecule has 6 nitrogen and oxygen atoms in total. The lowest BCUT2D eigenvalue weighted by Crippen LogP contribution is -2.36. The van der Waals surface area contributed by atoms with Crippen molar-refractivity contribution in [1.29, 1.82) is 0 Å². The number of rotatable bonds is 5. The molecule has 146 valence electrons. The van der Waals surface area contributed by atoms with E-state index in [4.69, 9.17) is 0 Å². The first kappa shape index (κ1) is 18.8. The highest BCUT2D eigenvalue weighted by Gasteiger charge is 2.25. The maximum absolute atomic E-state index is 12.9. The Kier molecular flexibility index (Phi) is 5.28. The van der Waals surface area contributed by atoms with E-state index in [2.05, 4.69) is 51.4 Å². The summed E-state index contributed by atoms with van der Waals surface area (Å²) in [5.74, 6) is -0.142. The molecule has 0 bridgehead atoms. The quantitative estimate of drug-likeness (QED) is 0.694. The molecule has 1 aliphatic rings. The number of aryl methyl sites for hydroxylation is 2. The van der Waals surface area contributed by atoms with Crippen molar-refractivity contribution in [2.45, 2.75) is 32.7 Å². The van der Waals surface area contributed by atoms with Crippen molar-refractivity contribution in [3.05, 3.63) is 62.5 Å². The predicted octanol–water partition coefficient (Wildman–Crippen LogP) is 3.17. The second kappa shape index (κ2) is 7.85. The maximum atomic E-state index is 12.9. The molecule has 1 fully saturated rings. The maximum Gasteiger partial charge on any atom is 0.261 e. The number of thiophene rings is 1. The van der Waals surface area contributed by atoms with E-state index >= 15 is 0 Å². The van der Waals surface area contributed by atoms with Gasteiger partial charge in [-0.1, -0.05) is 29.8 Å². The molecule has 1 saturated heterocycles. The molecule has 2 aromatic heterocycles. The van der Waals surface area contributed by atoms with Crippen LogP contribution in [-0.4, -0.2) is 40.4 Å². The number of nitrogens with one attached hydrogen (secondary N) is 2. The number of H-pyrrole nitrogens is 1. The minimum absolute atomic E-state index is 0.142. The third-order valence-corrected chi connectivity index (χ3v) is 6.64. The van der Waals surface area contributed by atoms with Crippen molar-refractivity contribution in [3.8, 4) is 0 Å². The van der Waals surface area contributed by atoms with Gasteiger partial charge in [-0.05, 0) is 50.9 Å². The third kappa shape index (κ3) is 3.59. The molecule has 1 aromatic carbocycles. The van der Waals surface area contributed by atoms with Crippen molar-refractivity contribution < 1.29 is 4.79 Å². The number of aromatic amines is 1. The minimum atomic E-state index is -0.201. The predicted molar refractivity (Wildman–Crippen MR) is 112 cm³/mol. The van der Waals surface area contributed by atoms with E-state index < -0.39 is 0 Å². The van der Waals surface area contributed by atoms with Gasteiger partial charge in [-0.25, -0.2) is 4.98 Å². The largest absolute Gasteiger partial charge is 0.349 e. The van der Waals surface area contributed by atoms with Crippen LogP contribution >= 0.6 is 11.3 Å². The second-order valence-electron chi connectivity index (χ2n) is 7.35. The number of amides is 1. The number of benzene rings is 1. The van der Waals surface area contributed by atoms with Crippen molar-refractivity contribution >= 4 is 27.5 Å². The Labute approximate surface area is 167 Å². The zero-order valence-electron chi connectivity index (χ0n) is 16.1. The van der Waals surface area contributed by atoms with Gasteiger partial charge in [-0.15, -0.1) is 11.3 Å². The third-order valence-electron chi connectivity index (χ3n) is 5.44. The molecule has 0 radical (unpaired) electrons. The highest BCUT2D eigenvalue weighted by molar-refractivity contribution is 7.20. The monoisotopic (exact) mass is 396 g/mol. The van der Waals surface area contributed by atoms with Crippen LogP contribution in [0.4, 0.5) is 0 Å². The Morgan fingerprint density at radius 1 is 1.25 bits per heavy atom. The van der Waals surface area contributed by atoms with Gasteiger partial charge in [-0.2, -0.15) is 0 Å². The molecule has 4 rings (SSSR count). The van der Waals surface area contributed by atoms with Gasteiger partial charge < -0.3 is 10.3 Å². The summed E-state index contributed by atoms with van der Waals surface area (Å²) < 4.78 is 0. The Morgan fingerprint density at radius 3 is 2.64 bits per heavy atom. The molecule has 7 heteroatoms. The lowest BCUT2D eigenvalue weighted by molar-refractivity contribution is 0.0941. The molecule has 1 aliphatic heterocycles. The molecule has 3 aromatic rings. The minimum Gasteiger partial charge on any atom is -0.349 e. The number of nitrogens with zero attached hydrogens (tertiary/aromatic N) is 2. The van der Waals surface area contributed by atoms with Crippen LogP contribution in [0.3, 0.4) is 0 Å². The van der Waals surface area contributed by atoms with Gasteiger partial charge in [0.05, 0.1) is 22.6 Å². The van der Waals surface area contributed by atoms with E-state index in [9.17, 15) is 9.59 Å². The molecule has 1 amide bonds. The summed E-state index contributed by atoms with van der Waals surface area (Å²) >= 11 is 1.27. The van der Waals surface area contributed by atoms with Crippen LogP contribution in [0.15, 0.2) is 35.4 Å². The van der Waals surface area contributed by atoms with Crippen molar-refractivity contribution in [1.82, 2.24) is 20.2 Å². The number of likely N-dealkylation sites (tertiary alicyclic amines) is 1. The summed E-state index contributed by atoms with van der Waals surface area (Å²) in [6.07, 6.45) is 3.77. The summed E-state index contributed by atoms with van der Waals surface area (Å²) in [6.45, 7) is 6.53. The SMILES string of the molecule is Cc1ccc(C(CNC(=O)c2sc3nc[nH]c(=O)c3c2C)N2CCCC2)cc1. The number of hydrogen-bond donors (Lipinski definition) is 2. The lowest BCUT2D eigenvalue weighted by Gasteiger charge is -2.28. The molecule has 0 saturated carbocycles. The van der Waals surface area contributed by atoms with E-state index in [0.29, 0.717) is 27.2 Å². The van der Waals surface area contributed by atoms with Gasteiger partial charge in [0.1, 0.15) is 4.83 Å². The highest BCUT2D eigenvalue weighted by atomic mass is 32.1. The molecule has 3 heterocycles. The normalized spacial score (nSPS) is 15.8. The van der Waals surface area contributed by atoms with Crippen LogP contribution in [0.1, 0.15) is 45.2 Å². The number of carbonyl (C=O) groups is 1. The number of aromatic nitrogens is 2. The van der Waals surface area contributed by atoms with Gasteiger partial charge in [0.25, 0.3) is 11.5 Å². The standard InChI is InChI=1S/C21H24N4O2S/c1-13-5-7-15(8-6-13)16(25-9-3-4-10-25)11-22-20(27)18-14(2)17-19(26)23-12-24-21(17)28-18/h5-8,12,16H,3-4,9-11H2,1-2H3,(H,22,27)(H,23,24,26). The Balaban J connectivity index is 1.56. The van der Waals surface area contributed by atoms with Crippen molar-refractivity contribution in [3.63, 3.8) is 0 Å². The molecule has 1 unspecified atom stereocenters. The van der Waals surface area contributed by atoms with E-state index in [-0.39, 0.29) is 17.5 Å². The van der Waals surface area contributed by atoms with E-state index in [0.717, 1.165) is 13.1 Å². The zero-order chi connectivity index (χ0) is 19.7. The van der Waals surface area contributed by atoms with Crippen molar-refractivity contribution in [2.24, 2.45) is 0 Å². The van der Waals surface area contributed by atoms with Gasteiger partial charge in [0.2, 0.25) is 0 Å². The summed E-state index contributed by atoms with van der Waals surface area (Å²) in [5.41, 5.74) is 2.94. The smallest absolute Gasteiger partial charge is 0.261 e. The summed E-state index contributed by atoms with van der Waals surface area (Å²) in [6, 6.07) is 8.70. The van der Waals surface area contributed by atoms with Crippen LogP contribution in [0.5, 0.6) is 0 Å². The van der Waals surface area contributed by atoms with E-state index in [1.165, 1.54) is 41.6 Å². The van der Waals surface area contributed by atoms with Crippen molar-refractivity contribution in [2.75, 3.05) is 19.6 Å². The average Bonchev–Trinajstić information content (AvgIpc) is 3.32. The molecule has 1 atom stereocenters. The Bertz CT molecular complexity index is 1050.